The molecule has 3 aromatic rings. The van der Waals surface area contributed by atoms with Crippen LogP contribution in [0.15, 0.2) is 66.9 Å². The molecule has 2 N–H and O–H groups in total. The van der Waals surface area contributed by atoms with Gasteiger partial charge in [-0.2, -0.15) is 0 Å². The Morgan fingerprint density at radius 3 is 2.46 bits per heavy atom. The van der Waals surface area contributed by atoms with E-state index in [1.54, 1.807) is 28.0 Å². The van der Waals surface area contributed by atoms with E-state index in [0.717, 1.165) is 5.56 Å². The number of benzene rings is 2. The minimum Gasteiger partial charge on any atom is -0.445 e. The quantitative estimate of drug-likeness (QED) is 0.564. The highest BCUT2D eigenvalue weighted by Crippen LogP contribution is 2.16. The van der Waals surface area contributed by atoms with E-state index in [4.69, 9.17) is 4.74 Å². The van der Waals surface area contributed by atoms with Crippen molar-refractivity contribution >= 4 is 28.8 Å². The standard InChI is InChI=1S/C26H28N4O5/c31-17-23(28-24(32)21-11-12-27-22-10-5-4-9-20(21)22)25(33)29-13-6-14-30(16-15-29)26(34)35-18-19-7-2-1-3-8-19/h1-5,7-12,23,31H,6,13-18H2,(H,28,32)/t23-/m0/s1. The Labute approximate surface area is 203 Å². The third kappa shape index (κ3) is 5.93. The van der Waals surface area contributed by atoms with Crippen molar-refractivity contribution in [2.24, 2.45) is 0 Å². The van der Waals surface area contributed by atoms with Crippen LogP contribution in [0.4, 0.5) is 4.79 Å². The van der Waals surface area contributed by atoms with Crippen LogP contribution in [0.1, 0.15) is 22.3 Å². The van der Waals surface area contributed by atoms with Gasteiger partial charge in [-0.15, -0.1) is 0 Å². The van der Waals surface area contributed by atoms with Crippen LogP contribution in [0.3, 0.4) is 0 Å². The zero-order valence-corrected chi connectivity index (χ0v) is 19.3. The second-order valence-corrected chi connectivity index (χ2v) is 8.29. The number of carbonyl (C=O) groups excluding carboxylic acids is 3. The van der Waals surface area contributed by atoms with E-state index in [-0.39, 0.29) is 13.2 Å². The maximum absolute atomic E-state index is 13.1. The molecule has 2 heterocycles. The van der Waals surface area contributed by atoms with Crippen LogP contribution in [0.2, 0.25) is 0 Å². The van der Waals surface area contributed by atoms with Crippen molar-refractivity contribution in [2.45, 2.75) is 19.1 Å². The van der Waals surface area contributed by atoms with E-state index in [1.165, 1.54) is 6.20 Å². The van der Waals surface area contributed by atoms with E-state index in [9.17, 15) is 19.5 Å². The number of para-hydroxylation sites is 1. The van der Waals surface area contributed by atoms with Gasteiger partial charge >= 0.3 is 6.09 Å². The van der Waals surface area contributed by atoms with Gasteiger partial charge in [-0.25, -0.2) is 4.79 Å². The van der Waals surface area contributed by atoms with Crippen molar-refractivity contribution in [2.75, 3.05) is 32.8 Å². The Morgan fingerprint density at radius 2 is 1.66 bits per heavy atom. The van der Waals surface area contributed by atoms with Crippen LogP contribution >= 0.6 is 0 Å². The van der Waals surface area contributed by atoms with Crippen molar-refractivity contribution in [3.05, 3.63) is 78.0 Å². The Morgan fingerprint density at radius 1 is 0.943 bits per heavy atom. The van der Waals surface area contributed by atoms with E-state index >= 15 is 0 Å². The number of nitrogens with zero attached hydrogens (tertiary/aromatic N) is 3. The zero-order chi connectivity index (χ0) is 24.6. The number of ether oxygens (including phenoxy) is 1. The highest BCUT2D eigenvalue weighted by molar-refractivity contribution is 6.07. The number of pyridine rings is 1. The minimum atomic E-state index is -1.09. The summed E-state index contributed by atoms with van der Waals surface area (Å²) in [6, 6.07) is 17.1. The van der Waals surface area contributed by atoms with Crippen molar-refractivity contribution in [1.82, 2.24) is 20.1 Å². The fourth-order valence-electron chi connectivity index (χ4n) is 4.07. The number of nitrogens with one attached hydrogen (secondary N) is 1. The van der Waals surface area contributed by atoms with Crippen molar-refractivity contribution in [3.63, 3.8) is 0 Å². The number of fused-ring (bicyclic) bond motifs is 1. The molecule has 3 amide bonds. The van der Waals surface area contributed by atoms with Crippen LogP contribution in [0.5, 0.6) is 0 Å². The first-order chi connectivity index (χ1) is 17.1. The van der Waals surface area contributed by atoms with Crippen molar-refractivity contribution < 1.29 is 24.2 Å². The number of amides is 3. The predicted molar refractivity (Wildman–Crippen MR) is 129 cm³/mol. The molecule has 0 spiro atoms. The average molecular weight is 477 g/mol. The lowest BCUT2D eigenvalue weighted by Gasteiger charge is -2.26. The molecule has 4 rings (SSSR count). The number of hydrogen-bond acceptors (Lipinski definition) is 6. The van der Waals surface area contributed by atoms with E-state index in [0.29, 0.717) is 42.5 Å². The first-order valence-electron chi connectivity index (χ1n) is 11.6. The smallest absolute Gasteiger partial charge is 0.410 e. The Hall–Kier alpha value is -3.98. The lowest BCUT2D eigenvalue weighted by Crippen LogP contribution is -2.51. The molecule has 0 radical (unpaired) electrons. The Bertz CT molecular complexity index is 1180. The van der Waals surface area contributed by atoms with Gasteiger partial charge in [0.25, 0.3) is 5.91 Å². The third-order valence-corrected chi connectivity index (χ3v) is 5.95. The van der Waals surface area contributed by atoms with Gasteiger partial charge in [0.2, 0.25) is 5.91 Å². The number of hydrogen-bond donors (Lipinski definition) is 2. The molecule has 1 atom stereocenters. The first kappa shape index (κ1) is 24.2. The van der Waals surface area contributed by atoms with Crippen LogP contribution in [0.25, 0.3) is 10.9 Å². The Kier molecular flexibility index (Phi) is 7.89. The molecule has 9 nitrogen and oxygen atoms in total. The molecule has 1 aliphatic rings. The minimum absolute atomic E-state index is 0.182. The SMILES string of the molecule is O=C(N[C@@H](CO)C(=O)N1CCCN(C(=O)OCc2ccccc2)CC1)c1ccnc2ccccc12. The van der Waals surface area contributed by atoms with E-state index < -0.39 is 30.6 Å². The normalized spacial score (nSPS) is 14.8. The highest BCUT2D eigenvalue weighted by atomic mass is 16.6. The average Bonchev–Trinajstić information content (AvgIpc) is 3.16. The van der Waals surface area contributed by atoms with Gasteiger partial charge in [-0.1, -0.05) is 48.5 Å². The van der Waals surface area contributed by atoms with Crippen LogP contribution in [-0.4, -0.2) is 76.6 Å². The maximum Gasteiger partial charge on any atom is 0.410 e. The molecular formula is C26H28N4O5. The first-order valence-corrected chi connectivity index (χ1v) is 11.6. The topological polar surface area (TPSA) is 112 Å². The van der Waals surface area contributed by atoms with Crippen LogP contribution in [-0.2, 0) is 16.1 Å². The van der Waals surface area contributed by atoms with Gasteiger partial charge in [0, 0.05) is 37.8 Å². The van der Waals surface area contributed by atoms with Gasteiger partial charge in [0.1, 0.15) is 12.6 Å². The molecule has 0 saturated carbocycles. The summed E-state index contributed by atoms with van der Waals surface area (Å²) in [6.45, 7) is 1.10. The lowest BCUT2D eigenvalue weighted by molar-refractivity contribution is -0.134. The van der Waals surface area contributed by atoms with Crippen molar-refractivity contribution in [1.29, 1.82) is 0 Å². The fraction of sp³-hybridized carbons (Fsp3) is 0.308. The number of aliphatic hydroxyl groups is 1. The fourth-order valence-corrected chi connectivity index (χ4v) is 4.07. The molecule has 182 valence electrons. The van der Waals surface area contributed by atoms with Crippen LogP contribution < -0.4 is 5.32 Å². The van der Waals surface area contributed by atoms with Gasteiger partial charge < -0.3 is 25.0 Å². The molecule has 0 bridgehead atoms. The summed E-state index contributed by atoms with van der Waals surface area (Å²) in [5.74, 6) is -0.851. The number of aliphatic hydroxyl groups excluding tert-OH is 1. The third-order valence-electron chi connectivity index (χ3n) is 5.95. The summed E-state index contributed by atoms with van der Waals surface area (Å²) >= 11 is 0. The molecule has 9 heteroatoms. The summed E-state index contributed by atoms with van der Waals surface area (Å²) in [5, 5.41) is 13.2. The summed E-state index contributed by atoms with van der Waals surface area (Å²) in [5.41, 5.74) is 1.94. The molecule has 1 saturated heterocycles. The van der Waals surface area contributed by atoms with E-state index in [1.807, 2.05) is 42.5 Å². The second kappa shape index (κ2) is 11.4. The largest absolute Gasteiger partial charge is 0.445 e. The van der Waals surface area contributed by atoms with E-state index in [2.05, 4.69) is 10.3 Å². The molecule has 0 aliphatic carbocycles. The molecule has 35 heavy (non-hydrogen) atoms. The number of carbonyl (C=O) groups is 3. The molecule has 1 fully saturated rings. The van der Waals surface area contributed by atoms with Gasteiger partial charge in [-0.3, -0.25) is 14.6 Å². The number of aromatic nitrogens is 1. The molecule has 1 aromatic heterocycles. The molecule has 2 aromatic carbocycles. The maximum atomic E-state index is 13.1. The molecule has 1 aliphatic heterocycles. The summed E-state index contributed by atoms with van der Waals surface area (Å²) in [7, 11) is 0. The number of rotatable bonds is 6. The zero-order valence-electron chi connectivity index (χ0n) is 19.3. The monoisotopic (exact) mass is 476 g/mol. The summed E-state index contributed by atoms with van der Waals surface area (Å²) in [4.78, 5) is 45.9. The van der Waals surface area contributed by atoms with Gasteiger partial charge in [0.15, 0.2) is 0 Å². The second-order valence-electron chi connectivity index (χ2n) is 8.29. The highest BCUT2D eigenvalue weighted by Gasteiger charge is 2.29. The summed E-state index contributed by atoms with van der Waals surface area (Å²) < 4.78 is 5.41. The predicted octanol–water partition coefficient (Wildman–Crippen LogP) is 2.20. The van der Waals surface area contributed by atoms with Gasteiger partial charge in [0.05, 0.1) is 17.7 Å². The van der Waals surface area contributed by atoms with Crippen molar-refractivity contribution in [3.8, 4) is 0 Å². The van der Waals surface area contributed by atoms with Gasteiger partial charge in [-0.05, 0) is 24.1 Å². The molecule has 0 unspecified atom stereocenters. The molecular weight excluding hydrogens is 448 g/mol. The lowest BCUT2D eigenvalue weighted by atomic mass is 10.1. The van der Waals surface area contributed by atoms with Crippen LogP contribution in [0, 0.1) is 0 Å². The summed E-state index contributed by atoms with van der Waals surface area (Å²) in [6.07, 6.45) is 1.67. The Balaban J connectivity index is 1.34.